The first-order chi connectivity index (χ1) is 11.0. The Morgan fingerprint density at radius 1 is 1.30 bits per heavy atom. The molecule has 2 heterocycles. The van der Waals surface area contributed by atoms with Gasteiger partial charge in [-0.3, -0.25) is 9.69 Å². The molecule has 0 spiro atoms. The largest absolute Gasteiger partial charge is 0.352 e. The van der Waals surface area contributed by atoms with Crippen LogP contribution in [-0.2, 0) is 27.1 Å². The minimum atomic E-state index is -0.531. The van der Waals surface area contributed by atoms with E-state index in [0.29, 0.717) is 19.2 Å². The number of benzene rings is 1. The van der Waals surface area contributed by atoms with Crippen LogP contribution in [0.25, 0.3) is 0 Å². The Morgan fingerprint density at radius 2 is 2.00 bits per heavy atom. The van der Waals surface area contributed by atoms with Gasteiger partial charge in [-0.15, -0.1) is 0 Å². The molecule has 2 aliphatic heterocycles. The average molecular weight is 316 g/mol. The Labute approximate surface area is 136 Å². The first-order valence-electron chi connectivity index (χ1n) is 8.44. The Morgan fingerprint density at radius 3 is 2.61 bits per heavy atom. The molecular formula is C18H24N2O3. The molecule has 0 aromatic heterocycles. The van der Waals surface area contributed by atoms with E-state index in [1.54, 1.807) is 0 Å². The fourth-order valence-electron chi connectivity index (χ4n) is 3.76. The molecule has 3 atom stereocenters. The molecule has 0 radical (unpaired) electrons. The van der Waals surface area contributed by atoms with Crippen LogP contribution >= 0.6 is 0 Å². The van der Waals surface area contributed by atoms with Gasteiger partial charge in [-0.25, -0.2) is 0 Å². The van der Waals surface area contributed by atoms with Crippen LogP contribution in [0.1, 0.15) is 25.0 Å². The number of rotatable bonds is 4. The molecule has 4 rings (SSSR count). The maximum Gasteiger partial charge on any atom is 0.238 e. The third kappa shape index (κ3) is 3.13. The van der Waals surface area contributed by atoms with E-state index in [1.807, 2.05) is 13.8 Å². The lowest BCUT2D eigenvalue weighted by Crippen LogP contribution is -2.38. The van der Waals surface area contributed by atoms with Gasteiger partial charge in [0.25, 0.3) is 0 Å². The summed E-state index contributed by atoms with van der Waals surface area (Å²) in [6, 6.07) is 9.11. The molecule has 2 saturated heterocycles. The van der Waals surface area contributed by atoms with Crippen molar-refractivity contribution in [1.82, 2.24) is 10.2 Å². The maximum absolute atomic E-state index is 12.3. The third-order valence-electron chi connectivity index (χ3n) is 5.02. The predicted molar refractivity (Wildman–Crippen MR) is 86.0 cm³/mol. The molecule has 1 amide bonds. The van der Waals surface area contributed by atoms with E-state index in [4.69, 9.17) is 9.47 Å². The van der Waals surface area contributed by atoms with Crippen molar-refractivity contribution < 1.29 is 14.3 Å². The van der Waals surface area contributed by atoms with Gasteiger partial charge in [0.1, 0.15) is 12.1 Å². The average Bonchev–Trinajstić information content (AvgIpc) is 3.08. The first-order valence-corrected chi connectivity index (χ1v) is 8.44. The van der Waals surface area contributed by atoms with E-state index in [1.165, 1.54) is 11.1 Å². The minimum absolute atomic E-state index is 0.0321. The van der Waals surface area contributed by atoms with E-state index < -0.39 is 5.79 Å². The van der Waals surface area contributed by atoms with Crippen molar-refractivity contribution in [2.45, 2.75) is 50.7 Å². The summed E-state index contributed by atoms with van der Waals surface area (Å²) >= 11 is 0. The van der Waals surface area contributed by atoms with Gasteiger partial charge in [0, 0.05) is 19.1 Å². The van der Waals surface area contributed by atoms with E-state index in [9.17, 15) is 4.79 Å². The normalized spacial score (nSPS) is 31.8. The molecule has 23 heavy (non-hydrogen) atoms. The second-order valence-corrected chi connectivity index (χ2v) is 7.24. The standard InChI is InChI=1S/C18H24N2O3/c1-18(2)22-11-15(23-18)9-19-17(21)16-10-20(16)14-7-12-5-3-4-6-13(12)8-14/h3-6,14-16H,7-11H2,1-2H3,(H,19,21). The number of nitrogens with one attached hydrogen (secondary N) is 1. The fourth-order valence-corrected chi connectivity index (χ4v) is 3.76. The van der Waals surface area contributed by atoms with Crippen molar-refractivity contribution in [3.05, 3.63) is 35.4 Å². The Bertz CT molecular complexity index is 591. The van der Waals surface area contributed by atoms with Crippen molar-refractivity contribution >= 4 is 5.91 Å². The number of carbonyl (C=O) groups excluding carboxylic acids is 1. The van der Waals surface area contributed by atoms with Gasteiger partial charge < -0.3 is 14.8 Å². The van der Waals surface area contributed by atoms with Crippen LogP contribution in [0, 0.1) is 0 Å². The molecule has 2 fully saturated rings. The van der Waals surface area contributed by atoms with Crippen LogP contribution in [0.2, 0.25) is 0 Å². The maximum atomic E-state index is 12.3. The van der Waals surface area contributed by atoms with Gasteiger partial charge in [0.15, 0.2) is 5.79 Å². The van der Waals surface area contributed by atoms with Gasteiger partial charge in [0.2, 0.25) is 5.91 Å². The van der Waals surface area contributed by atoms with Crippen LogP contribution in [0.5, 0.6) is 0 Å². The van der Waals surface area contributed by atoms with Gasteiger partial charge in [0.05, 0.1) is 6.61 Å². The van der Waals surface area contributed by atoms with Crippen LogP contribution in [0.4, 0.5) is 0 Å². The molecule has 124 valence electrons. The molecule has 5 heteroatoms. The summed E-state index contributed by atoms with van der Waals surface area (Å²) in [6.45, 7) is 5.74. The highest BCUT2D eigenvalue weighted by molar-refractivity contribution is 5.84. The third-order valence-corrected chi connectivity index (χ3v) is 5.02. The van der Waals surface area contributed by atoms with Gasteiger partial charge in [-0.05, 0) is 37.8 Å². The van der Waals surface area contributed by atoms with E-state index in [-0.39, 0.29) is 18.1 Å². The lowest BCUT2D eigenvalue weighted by atomic mass is 10.1. The molecule has 1 aromatic rings. The van der Waals surface area contributed by atoms with Crippen molar-refractivity contribution in [1.29, 1.82) is 0 Å². The minimum Gasteiger partial charge on any atom is -0.352 e. The summed E-state index contributed by atoms with van der Waals surface area (Å²) in [6.07, 6.45) is 2.08. The molecule has 3 aliphatic rings. The number of carbonyl (C=O) groups is 1. The summed E-state index contributed by atoms with van der Waals surface area (Å²) in [5, 5.41) is 3.01. The molecule has 1 aromatic carbocycles. The van der Waals surface area contributed by atoms with Crippen LogP contribution in [0.15, 0.2) is 24.3 Å². The van der Waals surface area contributed by atoms with Gasteiger partial charge in [-0.2, -0.15) is 0 Å². The van der Waals surface area contributed by atoms with Crippen molar-refractivity contribution in [2.75, 3.05) is 19.7 Å². The highest BCUT2D eigenvalue weighted by Crippen LogP contribution is 2.32. The number of fused-ring (bicyclic) bond motifs is 1. The fraction of sp³-hybridized carbons (Fsp3) is 0.611. The summed E-state index contributed by atoms with van der Waals surface area (Å²) in [5.74, 6) is -0.411. The van der Waals surface area contributed by atoms with Crippen LogP contribution in [0.3, 0.4) is 0 Å². The van der Waals surface area contributed by atoms with E-state index >= 15 is 0 Å². The van der Waals surface area contributed by atoms with E-state index in [0.717, 1.165) is 19.4 Å². The zero-order valence-electron chi connectivity index (χ0n) is 13.7. The molecule has 3 unspecified atom stereocenters. The lowest BCUT2D eigenvalue weighted by Gasteiger charge is -2.17. The Balaban J connectivity index is 1.25. The molecule has 1 N–H and O–H groups in total. The van der Waals surface area contributed by atoms with Crippen LogP contribution in [-0.4, -0.2) is 54.5 Å². The number of hydrogen-bond donors (Lipinski definition) is 1. The predicted octanol–water partition coefficient (Wildman–Crippen LogP) is 1.11. The molecule has 0 bridgehead atoms. The number of amides is 1. The zero-order chi connectivity index (χ0) is 16.0. The highest BCUT2D eigenvalue weighted by atomic mass is 16.7. The Kier molecular flexibility index (Phi) is 3.67. The zero-order valence-corrected chi connectivity index (χ0v) is 13.7. The molecular weight excluding hydrogens is 292 g/mol. The molecule has 1 aliphatic carbocycles. The van der Waals surface area contributed by atoms with Crippen molar-refractivity contribution in [3.63, 3.8) is 0 Å². The second kappa shape index (κ2) is 5.58. The van der Waals surface area contributed by atoms with Crippen molar-refractivity contribution in [2.24, 2.45) is 0 Å². The number of nitrogens with zero attached hydrogens (tertiary/aromatic N) is 1. The van der Waals surface area contributed by atoms with E-state index in [2.05, 4.69) is 34.5 Å². The molecule has 5 nitrogen and oxygen atoms in total. The van der Waals surface area contributed by atoms with Gasteiger partial charge in [-0.1, -0.05) is 24.3 Å². The van der Waals surface area contributed by atoms with Crippen LogP contribution < -0.4 is 5.32 Å². The first kappa shape index (κ1) is 15.1. The molecule has 0 saturated carbocycles. The summed E-state index contributed by atoms with van der Waals surface area (Å²) in [5.41, 5.74) is 2.87. The lowest BCUT2D eigenvalue weighted by molar-refractivity contribution is -0.139. The van der Waals surface area contributed by atoms with Gasteiger partial charge >= 0.3 is 0 Å². The summed E-state index contributed by atoms with van der Waals surface area (Å²) in [7, 11) is 0. The number of ether oxygens (including phenoxy) is 2. The second-order valence-electron chi connectivity index (χ2n) is 7.24. The SMILES string of the molecule is CC1(C)OCC(CNC(=O)C2CN2C2Cc3ccccc3C2)O1. The highest BCUT2D eigenvalue weighted by Gasteiger charge is 2.46. The monoisotopic (exact) mass is 316 g/mol. The smallest absolute Gasteiger partial charge is 0.238 e. The Hall–Kier alpha value is -1.43. The quantitative estimate of drug-likeness (QED) is 0.846. The summed E-state index contributed by atoms with van der Waals surface area (Å²) in [4.78, 5) is 14.6. The topological polar surface area (TPSA) is 50.6 Å². The number of hydrogen-bond acceptors (Lipinski definition) is 4. The van der Waals surface area contributed by atoms with Crippen molar-refractivity contribution in [3.8, 4) is 0 Å². The summed E-state index contributed by atoms with van der Waals surface area (Å²) < 4.78 is 11.2.